The summed E-state index contributed by atoms with van der Waals surface area (Å²) >= 11 is 0. The number of nitrogens with zero attached hydrogens (tertiary/aromatic N) is 4. The molecular weight excluding hydrogens is 274 g/mol. The average Bonchev–Trinajstić information content (AvgIpc) is 2.81. The first-order valence-electron chi connectivity index (χ1n) is 6.51. The van der Waals surface area contributed by atoms with Crippen molar-refractivity contribution in [2.75, 3.05) is 12.4 Å². The summed E-state index contributed by atoms with van der Waals surface area (Å²) in [4.78, 5) is 14.8. The zero-order valence-corrected chi connectivity index (χ0v) is 12.2. The van der Waals surface area contributed by atoms with Crippen molar-refractivity contribution in [2.45, 2.75) is 26.9 Å². The molecule has 0 atom stereocenters. The summed E-state index contributed by atoms with van der Waals surface area (Å²) < 4.78 is 6.64. The molecule has 0 saturated heterocycles. The number of anilines is 1. The van der Waals surface area contributed by atoms with Gasteiger partial charge in [-0.15, -0.1) is 0 Å². The zero-order valence-electron chi connectivity index (χ0n) is 12.2. The van der Waals surface area contributed by atoms with Crippen LogP contribution in [0.1, 0.15) is 18.2 Å². The summed E-state index contributed by atoms with van der Waals surface area (Å²) in [6, 6.07) is 3.60. The molecular formula is C13H17N5O3. The largest absolute Gasteiger partial charge is 0.481 e. The predicted molar refractivity (Wildman–Crippen MR) is 77.4 cm³/mol. The molecule has 0 unspecified atom stereocenters. The Labute approximate surface area is 121 Å². The lowest BCUT2D eigenvalue weighted by Crippen LogP contribution is -2.08. The van der Waals surface area contributed by atoms with Crippen molar-refractivity contribution in [2.24, 2.45) is 0 Å². The maximum absolute atomic E-state index is 11.2. The molecule has 0 bridgehead atoms. The van der Waals surface area contributed by atoms with E-state index in [9.17, 15) is 10.1 Å². The van der Waals surface area contributed by atoms with Gasteiger partial charge >= 0.3 is 5.69 Å². The fourth-order valence-corrected chi connectivity index (χ4v) is 2.05. The second kappa shape index (κ2) is 6.21. The Bertz CT molecular complexity index is 653. The van der Waals surface area contributed by atoms with Gasteiger partial charge in [0.05, 0.1) is 12.0 Å². The Balaban J connectivity index is 2.24. The predicted octanol–water partition coefficient (Wildman–Crippen LogP) is 2.14. The standard InChI is InChI=1S/C13H17N5O3/c1-4-17-13(12(18(19)20)9(2)16-17)15-8-10-5-6-14-11(7-10)21-3/h5-7,15H,4,8H2,1-3H3. The van der Waals surface area contributed by atoms with E-state index in [2.05, 4.69) is 15.4 Å². The molecule has 8 heteroatoms. The lowest BCUT2D eigenvalue weighted by atomic mass is 10.2. The second-order valence-electron chi connectivity index (χ2n) is 4.42. The Hall–Kier alpha value is -2.64. The number of rotatable bonds is 6. The van der Waals surface area contributed by atoms with Crippen LogP contribution >= 0.6 is 0 Å². The van der Waals surface area contributed by atoms with Gasteiger partial charge in [0.15, 0.2) is 0 Å². The Kier molecular flexibility index (Phi) is 4.36. The molecule has 0 aliphatic carbocycles. The van der Waals surface area contributed by atoms with Gasteiger partial charge in [-0.2, -0.15) is 5.10 Å². The molecule has 0 aromatic carbocycles. The van der Waals surface area contributed by atoms with Crippen LogP contribution in [0.25, 0.3) is 0 Å². The Morgan fingerprint density at radius 1 is 1.52 bits per heavy atom. The molecule has 2 heterocycles. The number of aromatic nitrogens is 3. The minimum Gasteiger partial charge on any atom is -0.481 e. The van der Waals surface area contributed by atoms with Crippen LogP contribution in [0.3, 0.4) is 0 Å². The summed E-state index contributed by atoms with van der Waals surface area (Å²) in [5, 5.41) is 18.4. The van der Waals surface area contributed by atoms with Gasteiger partial charge in [-0.25, -0.2) is 9.67 Å². The van der Waals surface area contributed by atoms with Gasteiger partial charge in [0.25, 0.3) is 0 Å². The van der Waals surface area contributed by atoms with E-state index in [0.717, 1.165) is 5.56 Å². The van der Waals surface area contributed by atoms with Crippen molar-refractivity contribution in [1.82, 2.24) is 14.8 Å². The molecule has 21 heavy (non-hydrogen) atoms. The highest BCUT2D eigenvalue weighted by molar-refractivity contribution is 5.59. The Morgan fingerprint density at radius 2 is 2.29 bits per heavy atom. The van der Waals surface area contributed by atoms with Gasteiger partial charge in [0.2, 0.25) is 11.7 Å². The van der Waals surface area contributed by atoms with E-state index in [-0.39, 0.29) is 5.69 Å². The number of ether oxygens (including phenoxy) is 1. The van der Waals surface area contributed by atoms with Crippen molar-refractivity contribution >= 4 is 11.5 Å². The van der Waals surface area contributed by atoms with Gasteiger partial charge in [-0.1, -0.05) is 0 Å². The van der Waals surface area contributed by atoms with Crippen LogP contribution in [0.4, 0.5) is 11.5 Å². The summed E-state index contributed by atoms with van der Waals surface area (Å²) in [5.74, 6) is 0.916. The van der Waals surface area contributed by atoms with E-state index < -0.39 is 4.92 Å². The number of nitro groups is 1. The first-order chi connectivity index (χ1) is 10.1. The number of pyridine rings is 1. The zero-order chi connectivity index (χ0) is 15.4. The van der Waals surface area contributed by atoms with Crippen LogP contribution in [-0.2, 0) is 13.1 Å². The van der Waals surface area contributed by atoms with Crippen LogP contribution < -0.4 is 10.1 Å². The number of nitrogens with one attached hydrogen (secondary N) is 1. The highest BCUT2D eigenvalue weighted by Gasteiger charge is 2.24. The molecule has 8 nitrogen and oxygen atoms in total. The van der Waals surface area contributed by atoms with Crippen molar-refractivity contribution in [3.8, 4) is 5.88 Å². The molecule has 0 radical (unpaired) electrons. The molecule has 2 rings (SSSR count). The van der Waals surface area contributed by atoms with E-state index in [0.29, 0.717) is 30.5 Å². The highest BCUT2D eigenvalue weighted by Crippen LogP contribution is 2.28. The fraction of sp³-hybridized carbons (Fsp3) is 0.385. The van der Waals surface area contributed by atoms with Crippen LogP contribution in [0.2, 0.25) is 0 Å². The maximum Gasteiger partial charge on any atom is 0.333 e. The minimum atomic E-state index is -0.413. The number of methoxy groups -OCH3 is 1. The maximum atomic E-state index is 11.2. The Morgan fingerprint density at radius 3 is 2.90 bits per heavy atom. The number of aryl methyl sites for hydroxylation is 2. The van der Waals surface area contributed by atoms with Crippen LogP contribution in [0.5, 0.6) is 5.88 Å². The number of hydrogen-bond acceptors (Lipinski definition) is 6. The van der Waals surface area contributed by atoms with Crippen LogP contribution in [0.15, 0.2) is 18.3 Å². The van der Waals surface area contributed by atoms with E-state index in [4.69, 9.17) is 4.74 Å². The molecule has 2 aromatic heterocycles. The molecule has 0 saturated carbocycles. The van der Waals surface area contributed by atoms with Crippen LogP contribution in [-0.4, -0.2) is 26.8 Å². The van der Waals surface area contributed by atoms with E-state index in [1.807, 2.05) is 13.0 Å². The molecule has 112 valence electrons. The molecule has 0 fully saturated rings. The summed E-state index contributed by atoms with van der Waals surface area (Å²) in [6.45, 7) is 4.49. The van der Waals surface area contributed by atoms with Gasteiger partial charge in [-0.05, 0) is 25.5 Å². The topological polar surface area (TPSA) is 95.1 Å². The van der Waals surface area contributed by atoms with Gasteiger partial charge < -0.3 is 10.1 Å². The average molecular weight is 291 g/mol. The molecule has 0 spiro atoms. The van der Waals surface area contributed by atoms with E-state index >= 15 is 0 Å². The van der Waals surface area contributed by atoms with Crippen molar-refractivity contribution < 1.29 is 9.66 Å². The molecule has 2 aromatic rings. The summed E-state index contributed by atoms with van der Waals surface area (Å²) in [6.07, 6.45) is 1.63. The van der Waals surface area contributed by atoms with E-state index in [1.165, 1.54) is 0 Å². The smallest absolute Gasteiger partial charge is 0.333 e. The van der Waals surface area contributed by atoms with Crippen molar-refractivity contribution in [3.63, 3.8) is 0 Å². The lowest BCUT2D eigenvalue weighted by Gasteiger charge is -2.08. The van der Waals surface area contributed by atoms with Gasteiger partial charge in [0.1, 0.15) is 5.69 Å². The first kappa shape index (κ1) is 14.8. The van der Waals surface area contributed by atoms with Crippen LogP contribution in [0, 0.1) is 17.0 Å². The summed E-state index contributed by atoms with van der Waals surface area (Å²) in [5.41, 5.74) is 1.33. The quantitative estimate of drug-likeness (QED) is 0.647. The number of hydrogen-bond donors (Lipinski definition) is 1. The lowest BCUT2D eigenvalue weighted by molar-refractivity contribution is -0.384. The monoisotopic (exact) mass is 291 g/mol. The van der Waals surface area contributed by atoms with Gasteiger partial charge in [0, 0.05) is 25.4 Å². The molecule has 0 amide bonds. The third kappa shape index (κ3) is 3.10. The SMILES string of the molecule is CCn1nc(C)c([N+](=O)[O-])c1NCc1ccnc(OC)c1. The first-order valence-corrected chi connectivity index (χ1v) is 6.51. The highest BCUT2D eigenvalue weighted by atomic mass is 16.6. The normalized spacial score (nSPS) is 10.4. The second-order valence-corrected chi connectivity index (χ2v) is 4.42. The van der Waals surface area contributed by atoms with Gasteiger partial charge in [-0.3, -0.25) is 10.1 Å². The molecule has 0 aliphatic rings. The fourth-order valence-electron chi connectivity index (χ4n) is 2.05. The third-order valence-electron chi connectivity index (χ3n) is 3.05. The van der Waals surface area contributed by atoms with E-state index in [1.54, 1.807) is 31.0 Å². The molecule has 0 aliphatic heterocycles. The minimum absolute atomic E-state index is 0.0119. The third-order valence-corrected chi connectivity index (χ3v) is 3.05. The molecule has 1 N–H and O–H groups in total. The summed E-state index contributed by atoms with van der Waals surface area (Å²) in [7, 11) is 1.54. The van der Waals surface area contributed by atoms with Crippen molar-refractivity contribution in [3.05, 3.63) is 39.7 Å². The van der Waals surface area contributed by atoms with Crippen molar-refractivity contribution in [1.29, 1.82) is 0 Å².